The van der Waals surface area contributed by atoms with E-state index in [2.05, 4.69) is 5.32 Å². The van der Waals surface area contributed by atoms with Crippen molar-refractivity contribution in [1.29, 1.82) is 0 Å². The second-order valence-electron chi connectivity index (χ2n) is 11.6. The van der Waals surface area contributed by atoms with E-state index in [1.54, 1.807) is 30.3 Å². The lowest BCUT2D eigenvalue weighted by atomic mass is 10.1. The highest BCUT2D eigenvalue weighted by Gasteiger charge is 2.34. The Labute approximate surface area is 245 Å². The Hall–Kier alpha value is -3.65. The van der Waals surface area contributed by atoms with Crippen molar-refractivity contribution >= 4 is 27.5 Å². The Bertz CT molecular complexity index is 1450. The van der Waals surface area contributed by atoms with Gasteiger partial charge in [-0.25, -0.2) is 8.42 Å². The van der Waals surface area contributed by atoms with Gasteiger partial charge in [-0.2, -0.15) is 0 Å². The number of benzene rings is 3. The Balaban J connectivity index is 2.05. The van der Waals surface area contributed by atoms with Crippen LogP contribution in [0, 0.1) is 20.8 Å². The molecule has 2 amide bonds. The molecule has 41 heavy (non-hydrogen) atoms. The maximum Gasteiger partial charge on any atom is 0.264 e. The highest BCUT2D eigenvalue weighted by molar-refractivity contribution is 7.92. The normalized spacial score (nSPS) is 12.5. The molecule has 0 saturated heterocycles. The summed E-state index contributed by atoms with van der Waals surface area (Å²) in [6.07, 6.45) is 0.914. The third kappa shape index (κ3) is 8.43. The minimum Gasteiger partial charge on any atom is -0.350 e. The number of anilines is 1. The highest BCUT2D eigenvalue weighted by Crippen LogP contribution is 2.28. The van der Waals surface area contributed by atoms with E-state index in [9.17, 15) is 18.0 Å². The number of nitrogens with one attached hydrogen (secondary N) is 1. The summed E-state index contributed by atoms with van der Waals surface area (Å²) in [4.78, 5) is 29.2. The van der Waals surface area contributed by atoms with E-state index >= 15 is 0 Å². The number of sulfonamides is 1. The monoisotopic (exact) mass is 577 g/mol. The number of hydrogen-bond acceptors (Lipinski definition) is 4. The van der Waals surface area contributed by atoms with Crippen molar-refractivity contribution in [3.63, 3.8) is 0 Å². The van der Waals surface area contributed by atoms with Gasteiger partial charge >= 0.3 is 0 Å². The first-order chi connectivity index (χ1) is 19.2. The van der Waals surface area contributed by atoms with Gasteiger partial charge in [0.1, 0.15) is 12.6 Å². The van der Waals surface area contributed by atoms with Gasteiger partial charge < -0.3 is 10.2 Å². The van der Waals surface area contributed by atoms with Gasteiger partial charge in [0.25, 0.3) is 10.0 Å². The average Bonchev–Trinajstić information content (AvgIpc) is 2.89. The maximum atomic E-state index is 14.2. The summed E-state index contributed by atoms with van der Waals surface area (Å²) in [5, 5.41) is 3.00. The molecule has 0 heterocycles. The summed E-state index contributed by atoms with van der Waals surface area (Å²) in [5.74, 6) is -0.701. The van der Waals surface area contributed by atoms with Crippen LogP contribution < -0.4 is 9.62 Å². The molecule has 0 spiro atoms. The summed E-state index contributed by atoms with van der Waals surface area (Å²) >= 11 is 0. The molecule has 1 N–H and O–H groups in total. The molecular formula is C33H43N3O4S. The molecule has 1 atom stereocenters. The molecule has 3 aromatic carbocycles. The smallest absolute Gasteiger partial charge is 0.264 e. The molecule has 3 aromatic rings. The van der Waals surface area contributed by atoms with E-state index in [1.807, 2.05) is 90.9 Å². The molecule has 8 heteroatoms. The first kappa shape index (κ1) is 31.9. The molecule has 0 bridgehead atoms. The van der Waals surface area contributed by atoms with Gasteiger partial charge in [-0.15, -0.1) is 0 Å². The van der Waals surface area contributed by atoms with Crippen LogP contribution >= 0.6 is 0 Å². The van der Waals surface area contributed by atoms with Crippen molar-refractivity contribution < 1.29 is 18.0 Å². The van der Waals surface area contributed by atoms with Crippen LogP contribution in [0.25, 0.3) is 0 Å². The van der Waals surface area contributed by atoms with Crippen LogP contribution in [0.3, 0.4) is 0 Å². The number of hydrogen-bond donors (Lipinski definition) is 1. The Morgan fingerprint density at radius 1 is 0.878 bits per heavy atom. The zero-order chi connectivity index (χ0) is 30.4. The lowest BCUT2D eigenvalue weighted by molar-refractivity contribution is -0.140. The van der Waals surface area contributed by atoms with Crippen LogP contribution in [0.15, 0.2) is 77.7 Å². The second kappa shape index (κ2) is 13.3. The van der Waals surface area contributed by atoms with Gasteiger partial charge in [0.2, 0.25) is 11.8 Å². The molecule has 0 fully saturated rings. The average molecular weight is 578 g/mol. The van der Waals surface area contributed by atoms with Crippen molar-refractivity contribution in [3.05, 3.63) is 95.1 Å². The SMILES string of the molecule is CC[C@@H](C(=O)NC(C)(C)C)N(CCc1ccccc1)C(=O)CN(c1ccc(C)cc1C)S(=O)(=O)c1ccc(C)cc1. The van der Waals surface area contributed by atoms with Crippen LogP contribution in [0.4, 0.5) is 5.69 Å². The molecular weight excluding hydrogens is 534 g/mol. The summed E-state index contributed by atoms with van der Waals surface area (Å²) in [6, 6.07) is 21.1. The Kier molecular flexibility index (Phi) is 10.4. The number of nitrogens with zero attached hydrogens (tertiary/aromatic N) is 2. The molecule has 220 valence electrons. The third-order valence-corrected chi connectivity index (χ3v) is 8.65. The zero-order valence-corrected chi connectivity index (χ0v) is 26.1. The summed E-state index contributed by atoms with van der Waals surface area (Å²) in [6.45, 7) is 13.0. The quantitative estimate of drug-likeness (QED) is 0.323. The molecule has 0 radical (unpaired) electrons. The molecule has 0 unspecified atom stereocenters. The van der Waals surface area contributed by atoms with E-state index in [-0.39, 0.29) is 17.3 Å². The van der Waals surface area contributed by atoms with Crippen molar-refractivity contribution in [2.24, 2.45) is 0 Å². The third-order valence-electron chi connectivity index (χ3n) is 6.88. The second-order valence-corrected chi connectivity index (χ2v) is 13.5. The van der Waals surface area contributed by atoms with E-state index in [1.165, 1.54) is 9.21 Å². The fourth-order valence-corrected chi connectivity index (χ4v) is 6.26. The maximum absolute atomic E-state index is 14.2. The van der Waals surface area contributed by atoms with Crippen LogP contribution in [0.1, 0.15) is 56.4 Å². The lowest BCUT2D eigenvalue weighted by Gasteiger charge is -2.35. The van der Waals surface area contributed by atoms with Gasteiger partial charge in [0.05, 0.1) is 10.6 Å². The van der Waals surface area contributed by atoms with Crippen molar-refractivity contribution in [2.75, 3.05) is 17.4 Å². The molecule has 7 nitrogen and oxygen atoms in total. The van der Waals surface area contributed by atoms with Gasteiger partial charge in [-0.05, 0) is 83.7 Å². The number of carbonyl (C=O) groups is 2. The minimum atomic E-state index is -4.10. The van der Waals surface area contributed by atoms with E-state index in [0.29, 0.717) is 18.5 Å². The zero-order valence-electron chi connectivity index (χ0n) is 25.3. The van der Waals surface area contributed by atoms with Crippen molar-refractivity contribution in [3.8, 4) is 0 Å². The van der Waals surface area contributed by atoms with Gasteiger partial charge in [-0.3, -0.25) is 13.9 Å². The van der Waals surface area contributed by atoms with Gasteiger partial charge in [0.15, 0.2) is 0 Å². The molecule has 0 aliphatic carbocycles. The van der Waals surface area contributed by atoms with E-state index in [4.69, 9.17) is 0 Å². The number of aryl methyl sites for hydroxylation is 3. The summed E-state index contributed by atoms with van der Waals surface area (Å²) in [7, 11) is -4.10. The first-order valence-electron chi connectivity index (χ1n) is 14.0. The number of amides is 2. The summed E-state index contributed by atoms with van der Waals surface area (Å²) < 4.78 is 29.3. The largest absolute Gasteiger partial charge is 0.350 e. The van der Waals surface area contributed by atoms with Crippen molar-refractivity contribution in [2.45, 2.75) is 77.8 Å². The lowest BCUT2D eigenvalue weighted by Crippen LogP contribution is -2.56. The molecule has 0 saturated carbocycles. The van der Waals surface area contributed by atoms with Crippen LogP contribution in [-0.4, -0.2) is 49.8 Å². The van der Waals surface area contributed by atoms with E-state index < -0.39 is 34.1 Å². The fourth-order valence-electron chi connectivity index (χ4n) is 4.78. The van der Waals surface area contributed by atoms with E-state index in [0.717, 1.165) is 22.3 Å². The number of rotatable bonds is 11. The Morgan fingerprint density at radius 3 is 2.05 bits per heavy atom. The molecule has 0 aromatic heterocycles. The minimum absolute atomic E-state index is 0.101. The van der Waals surface area contributed by atoms with Crippen LogP contribution in [0.5, 0.6) is 0 Å². The Morgan fingerprint density at radius 2 is 1.49 bits per heavy atom. The fraction of sp³-hybridized carbons (Fsp3) is 0.394. The number of carbonyl (C=O) groups excluding carboxylic acids is 2. The summed E-state index contributed by atoms with van der Waals surface area (Å²) in [5.41, 5.74) is 3.62. The molecule has 0 aliphatic rings. The molecule has 0 aliphatic heterocycles. The topological polar surface area (TPSA) is 86.8 Å². The van der Waals surface area contributed by atoms with Gasteiger partial charge in [0, 0.05) is 12.1 Å². The van der Waals surface area contributed by atoms with Gasteiger partial charge in [-0.1, -0.05) is 72.6 Å². The standard InChI is InChI=1S/C33H43N3O4S/c1-8-29(32(38)34-33(5,6)7)35(21-20-27-12-10-9-11-13-27)31(37)23-36(30-19-16-25(3)22-26(30)4)41(39,40)28-17-14-24(2)15-18-28/h9-19,22,29H,8,20-21,23H2,1-7H3,(H,34,38)/t29-/m0/s1. The predicted octanol–water partition coefficient (Wildman–Crippen LogP) is 5.57. The molecule has 3 rings (SSSR count). The highest BCUT2D eigenvalue weighted by atomic mass is 32.2. The predicted molar refractivity (Wildman–Crippen MR) is 165 cm³/mol. The van der Waals surface area contributed by atoms with Crippen LogP contribution in [0.2, 0.25) is 0 Å². The van der Waals surface area contributed by atoms with Crippen molar-refractivity contribution in [1.82, 2.24) is 10.2 Å². The first-order valence-corrected chi connectivity index (χ1v) is 15.5. The van der Waals surface area contributed by atoms with Crippen LogP contribution in [-0.2, 0) is 26.0 Å².